The van der Waals surface area contributed by atoms with Gasteiger partial charge in [-0.15, -0.1) is 0 Å². The summed E-state index contributed by atoms with van der Waals surface area (Å²) in [4.78, 5) is 15.1. The standard InChI is InChI=1S/C21H32N2O/c1-6-18-17(21(4,7-2)8-3)15-23(5)19(20(24)22-18)14-16-12-10-9-11-13-16/h9-13,19H,6-8,14-15H2,1-5H3,(H,22,24)/t19-/m1/s1. The Labute approximate surface area is 147 Å². The minimum Gasteiger partial charge on any atom is -0.328 e. The van der Waals surface area contributed by atoms with Crippen LogP contribution in [0.1, 0.15) is 52.5 Å². The van der Waals surface area contributed by atoms with Gasteiger partial charge in [0.25, 0.3) is 0 Å². The molecule has 0 bridgehead atoms. The summed E-state index contributed by atoms with van der Waals surface area (Å²) in [7, 11) is 2.08. The summed E-state index contributed by atoms with van der Waals surface area (Å²) in [5.41, 5.74) is 3.89. The molecule has 3 heteroatoms. The zero-order chi connectivity index (χ0) is 17.7. The monoisotopic (exact) mass is 328 g/mol. The molecule has 3 nitrogen and oxygen atoms in total. The van der Waals surface area contributed by atoms with Crippen LogP contribution < -0.4 is 5.32 Å². The van der Waals surface area contributed by atoms with Crippen molar-refractivity contribution in [3.8, 4) is 0 Å². The van der Waals surface area contributed by atoms with E-state index in [2.05, 4.69) is 57.1 Å². The molecule has 0 saturated carbocycles. The maximum Gasteiger partial charge on any atom is 0.241 e. The Kier molecular flexibility index (Phi) is 6.22. The summed E-state index contributed by atoms with van der Waals surface area (Å²) in [6.45, 7) is 9.82. The molecule has 2 rings (SSSR count). The van der Waals surface area contributed by atoms with E-state index in [9.17, 15) is 4.79 Å². The van der Waals surface area contributed by atoms with Crippen LogP contribution in [-0.2, 0) is 11.2 Å². The lowest BCUT2D eigenvalue weighted by molar-refractivity contribution is -0.124. The fraction of sp³-hybridized carbons (Fsp3) is 0.571. The number of amides is 1. The molecule has 0 fully saturated rings. The normalized spacial score (nSPS) is 20.0. The highest BCUT2D eigenvalue weighted by Gasteiger charge is 2.35. The molecule has 1 aliphatic heterocycles. The summed E-state index contributed by atoms with van der Waals surface area (Å²) < 4.78 is 0. The first-order chi connectivity index (χ1) is 11.4. The van der Waals surface area contributed by atoms with Gasteiger partial charge in [0.15, 0.2) is 0 Å². The summed E-state index contributed by atoms with van der Waals surface area (Å²) in [6, 6.07) is 10.2. The number of nitrogens with one attached hydrogen (secondary N) is 1. The van der Waals surface area contributed by atoms with Crippen LogP contribution in [0.25, 0.3) is 0 Å². The highest BCUT2D eigenvalue weighted by molar-refractivity contribution is 5.84. The summed E-state index contributed by atoms with van der Waals surface area (Å²) in [5, 5.41) is 3.25. The fourth-order valence-corrected chi connectivity index (χ4v) is 3.58. The second-order valence-corrected chi connectivity index (χ2v) is 7.19. The molecule has 0 aromatic heterocycles. The van der Waals surface area contributed by atoms with Gasteiger partial charge in [-0.1, -0.05) is 58.0 Å². The van der Waals surface area contributed by atoms with Crippen molar-refractivity contribution in [1.82, 2.24) is 10.2 Å². The molecular weight excluding hydrogens is 296 g/mol. The molecule has 132 valence electrons. The minimum atomic E-state index is -0.121. The number of rotatable bonds is 6. The lowest BCUT2D eigenvalue weighted by atomic mass is 9.75. The van der Waals surface area contributed by atoms with E-state index in [0.29, 0.717) is 0 Å². The van der Waals surface area contributed by atoms with E-state index in [0.717, 1.165) is 37.9 Å². The molecule has 24 heavy (non-hydrogen) atoms. The summed E-state index contributed by atoms with van der Waals surface area (Å²) >= 11 is 0. The van der Waals surface area contributed by atoms with Crippen LogP contribution in [0.5, 0.6) is 0 Å². The zero-order valence-corrected chi connectivity index (χ0v) is 15.9. The Morgan fingerprint density at radius 1 is 1.17 bits per heavy atom. The van der Waals surface area contributed by atoms with E-state index < -0.39 is 0 Å². The van der Waals surface area contributed by atoms with Crippen molar-refractivity contribution in [2.75, 3.05) is 13.6 Å². The van der Waals surface area contributed by atoms with E-state index in [4.69, 9.17) is 0 Å². The SMILES string of the molecule is CCC1=C(C(C)(CC)CC)CN(C)[C@H](Cc2ccccc2)C(=O)N1. The Bertz CT molecular complexity index is 587. The first-order valence-electron chi connectivity index (χ1n) is 9.22. The van der Waals surface area contributed by atoms with Crippen LogP contribution in [-0.4, -0.2) is 30.4 Å². The molecule has 1 amide bonds. The van der Waals surface area contributed by atoms with Crippen LogP contribution in [0.15, 0.2) is 41.6 Å². The first kappa shape index (κ1) is 18.7. The van der Waals surface area contributed by atoms with Crippen molar-refractivity contribution < 1.29 is 4.79 Å². The third-order valence-corrected chi connectivity index (χ3v) is 5.80. The lowest BCUT2D eigenvalue weighted by Gasteiger charge is -2.34. The molecule has 1 aromatic carbocycles. The molecular formula is C21H32N2O. The van der Waals surface area contributed by atoms with Crippen LogP contribution in [0.2, 0.25) is 0 Å². The van der Waals surface area contributed by atoms with Gasteiger partial charge in [-0.3, -0.25) is 9.69 Å². The van der Waals surface area contributed by atoms with Crippen molar-refractivity contribution >= 4 is 5.91 Å². The predicted molar refractivity (Wildman–Crippen MR) is 101 cm³/mol. The highest BCUT2D eigenvalue weighted by Crippen LogP contribution is 2.38. The molecule has 1 aromatic rings. The number of carbonyl (C=O) groups is 1. The molecule has 0 aliphatic carbocycles. The topological polar surface area (TPSA) is 32.3 Å². The van der Waals surface area contributed by atoms with Gasteiger partial charge in [0.1, 0.15) is 0 Å². The Hall–Kier alpha value is -1.61. The molecule has 0 radical (unpaired) electrons. The van der Waals surface area contributed by atoms with Gasteiger partial charge in [-0.05, 0) is 49.3 Å². The van der Waals surface area contributed by atoms with E-state index >= 15 is 0 Å². The third-order valence-electron chi connectivity index (χ3n) is 5.80. The average molecular weight is 328 g/mol. The number of nitrogens with zero attached hydrogens (tertiary/aromatic N) is 1. The fourth-order valence-electron chi connectivity index (χ4n) is 3.58. The number of hydrogen-bond donors (Lipinski definition) is 1. The number of allylic oxidation sites excluding steroid dienone is 1. The van der Waals surface area contributed by atoms with Gasteiger partial charge in [0.2, 0.25) is 5.91 Å². The molecule has 1 N–H and O–H groups in total. The third kappa shape index (κ3) is 3.89. The van der Waals surface area contributed by atoms with Crippen molar-refractivity contribution in [3.05, 3.63) is 47.2 Å². The summed E-state index contributed by atoms with van der Waals surface area (Å²) in [5.74, 6) is 0.128. The Morgan fingerprint density at radius 2 is 1.79 bits per heavy atom. The van der Waals surface area contributed by atoms with Gasteiger partial charge in [-0.2, -0.15) is 0 Å². The molecule has 0 spiro atoms. The van der Waals surface area contributed by atoms with Gasteiger partial charge in [-0.25, -0.2) is 0 Å². The van der Waals surface area contributed by atoms with E-state index in [-0.39, 0.29) is 17.4 Å². The average Bonchev–Trinajstić information content (AvgIpc) is 2.73. The van der Waals surface area contributed by atoms with Gasteiger partial charge in [0.05, 0.1) is 6.04 Å². The van der Waals surface area contributed by atoms with Crippen molar-refractivity contribution in [3.63, 3.8) is 0 Å². The zero-order valence-electron chi connectivity index (χ0n) is 15.9. The van der Waals surface area contributed by atoms with Crippen molar-refractivity contribution in [2.45, 2.75) is 59.4 Å². The van der Waals surface area contributed by atoms with E-state index in [1.165, 1.54) is 11.1 Å². The second-order valence-electron chi connectivity index (χ2n) is 7.19. The predicted octanol–water partition coefficient (Wildman–Crippen LogP) is 4.15. The maximum atomic E-state index is 12.9. The van der Waals surface area contributed by atoms with Gasteiger partial charge in [0, 0.05) is 12.2 Å². The number of carbonyl (C=O) groups excluding carboxylic acids is 1. The molecule has 0 saturated heterocycles. The van der Waals surface area contributed by atoms with Crippen LogP contribution >= 0.6 is 0 Å². The maximum absolute atomic E-state index is 12.9. The number of benzene rings is 1. The van der Waals surface area contributed by atoms with Crippen LogP contribution in [0.4, 0.5) is 0 Å². The van der Waals surface area contributed by atoms with Gasteiger partial charge >= 0.3 is 0 Å². The largest absolute Gasteiger partial charge is 0.328 e. The molecule has 1 aliphatic rings. The minimum absolute atomic E-state index is 0.121. The van der Waals surface area contributed by atoms with E-state index in [1.807, 2.05) is 18.2 Å². The molecule has 1 heterocycles. The van der Waals surface area contributed by atoms with E-state index in [1.54, 1.807) is 0 Å². The quantitative estimate of drug-likeness (QED) is 0.851. The smallest absolute Gasteiger partial charge is 0.241 e. The molecule has 1 atom stereocenters. The highest BCUT2D eigenvalue weighted by atomic mass is 16.2. The number of likely N-dealkylation sites (N-methyl/N-ethyl adjacent to an activating group) is 1. The van der Waals surface area contributed by atoms with Crippen molar-refractivity contribution in [2.24, 2.45) is 5.41 Å². The number of hydrogen-bond acceptors (Lipinski definition) is 2. The first-order valence-corrected chi connectivity index (χ1v) is 9.22. The van der Waals surface area contributed by atoms with Crippen LogP contribution in [0, 0.1) is 5.41 Å². The second kappa shape index (κ2) is 7.98. The Morgan fingerprint density at radius 3 is 2.33 bits per heavy atom. The van der Waals surface area contributed by atoms with Gasteiger partial charge < -0.3 is 5.32 Å². The lowest BCUT2D eigenvalue weighted by Crippen LogP contribution is -2.44. The van der Waals surface area contributed by atoms with Crippen LogP contribution in [0.3, 0.4) is 0 Å². The summed E-state index contributed by atoms with van der Waals surface area (Å²) in [6.07, 6.45) is 3.82. The van der Waals surface area contributed by atoms with Crippen molar-refractivity contribution in [1.29, 1.82) is 0 Å². The Balaban J connectivity index is 2.31. The molecule has 0 unspecified atom stereocenters.